The fraction of sp³-hybridized carbons (Fsp3) is 0.429. The van der Waals surface area contributed by atoms with Crippen LogP contribution in [0, 0.1) is 5.41 Å². The SMILES string of the molecule is N/C(=N/O)C1(C(=O)NCCc2ccc(Cl)cc2)CCC1. The molecule has 0 radical (unpaired) electrons. The van der Waals surface area contributed by atoms with Crippen LogP contribution in [0.5, 0.6) is 0 Å². The number of hydrogen-bond donors (Lipinski definition) is 3. The van der Waals surface area contributed by atoms with Gasteiger partial charge >= 0.3 is 0 Å². The summed E-state index contributed by atoms with van der Waals surface area (Å²) in [6.45, 7) is 0.515. The van der Waals surface area contributed by atoms with Gasteiger partial charge in [0.25, 0.3) is 0 Å². The molecule has 0 spiro atoms. The van der Waals surface area contributed by atoms with E-state index in [1.54, 1.807) is 0 Å². The Morgan fingerprint density at radius 3 is 2.55 bits per heavy atom. The van der Waals surface area contributed by atoms with Crippen LogP contribution in [0.15, 0.2) is 29.4 Å². The van der Waals surface area contributed by atoms with E-state index in [0.29, 0.717) is 24.4 Å². The minimum absolute atomic E-state index is 0.00717. The van der Waals surface area contributed by atoms with E-state index in [2.05, 4.69) is 10.5 Å². The van der Waals surface area contributed by atoms with Crippen LogP contribution in [0.2, 0.25) is 5.02 Å². The maximum atomic E-state index is 12.2. The maximum absolute atomic E-state index is 12.2. The van der Waals surface area contributed by atoms with Gasteiger partial charge < -0.3 is 16.3 Å². The maximum Gasteiger partial charge on any atom is 0.233 e. The van der Waals surface area contributed by atoms with Crippen LogP contribution in [-0.4, -0.2) is 23.5 Å². The van der Waals surface area contributed by atoms with Crippen LogP contribution < -0.4 is 11.1 Å². The molecule has 0 aromatic heterocycles. The lowest BCUT2D eigenvalue weighted by Crippen LogP contribution is -2.54. The van der Waals surface area contributed by atoms with Crippen molar-refractivity contribution < 1.29 is 10.0 Å². The molecule has 1 aliphatic carbocycles. The third-order valence-corrected chi connectivity index (χ3v) is 4.10. The molecule has 1 aliphatic rings. The molecule has 2 rings (SSSR count). The van der Waals surface area contributed by atoms with Crippen molar-refractivity contribution in [3.8, 4) is 0 Å². The summed E-state index contributed by atoms with van der Waals surface area (Å²) in [6, 6.07) is 7.50. The Morgan fingerprint density at radius 2 is 2.05 bits per heavy atom. The van der Waals surface area contributed by atoms with Gasteiger partial charge in [-0.05, 0) is 37.0 Å². The van der Waals surface area contributed by atoms with Crippen molar-refractivity contribution in [3.05, 3.63) is 34.9 Å². The molecule has 0 bridgehead atoms. The van der Waals surface area contributed by atoms with Crippen molar-refractivity contribution in [1.29, 1.82) is 0 Å². The van der Waals surface area contributed by atoms with Crippen LogP contribution >= 0.6 is 11.6 Å². The lowest BCUT2D eigenvalue weighted by atomic mass is 9.67. The highest BCUT2D eigenvalue weighted by molar-refractivity contribution is 6.30. The van der Waals surface area contributed by atoms with Gasteiger partial charge in [0.05, 0.1) is 0 Å². The van der Waals surface area contributed by atoms with Gasteiger partial charge in [-0.25, -0.2) is 0 Å². The summed E-state index contributed by atoms with van der Waals surface area (Å²) in [5, 5.41) is 15.3. The number of benzene rings is 1. The number of nitrogens with zero attached hydrogens (tertiary/aromatic N) is 1. The first-order valence-corrected chi connectivity index (χ1v) is 6.97. The predicted molar refractivity (Wildman–Crippen MR) is 77.9 cm³/mol. The summed E-state index contributed by atoms with van der Waals surface area (Å²) < 4.78 is 0. The van der Waals surface area contributed by atoms with Gasteiger partial charge in [-0.3, -0.25) is 4.79 Å². The van der Waals surface area contributed by atoms with Crippen molar-refractivity contribution >= 4 is 23.3 Å². The summed E-state index contributed by atoms with van der Waals surface area (Å²) in [4.78, 5) is 12.2. The number of amidine groups is 1. The highest BCUT2D eigenvalue weighted by Crippen LogP contribution is 2.41. The Kier molecular flexibility index (Phi) is 4.49. The first-order chi connectivity index (χ1) is 9.58. The fourth-order valence-electron chi connectivity index (χ4n) is 2.37. The Hall–Kier alpha value is -1.75. The van der Waals surface area contributed by atoms with Gasteiger partial charge in [-0.2, -0.15) is 0 Å². The molecule has 5 nitrogen and oxygen atoms in total. The molecule has 1 amide bonds. The minimum Gasteiger partial charge on any atom is -0.409 e. The Bertz CT molecular complexity index is 510. The number of carbonyl (C=O) groups is 1. The zero-order valence-corrected chi connectivity index (χ0v) is 11.9. The minimum atomic E-state index is -0.811. The van der Waals surface area contributed by atoms with Crippen LogP contribution in [-0.2, 0) is 11.2 Å². The van der Waals surface area contributed by atoms with Gasteiger partial charge in [0, 0.05) is 11.6 Å². The van der Waals surface area contributed by atoms with E-state index in [0.717, 1.165) is 18.4 Å². The van der Waals surface area contributed by atoms with Crippen LogP contribution in [0.1, 0.15) is 24.8 Å². The van der Waals surface area contributed by atoms with Crippen LogP contribution in [0.4, 0.5) is 0 Å². The number of hydrogen-bond acceptors (Lipinski definition) is 3. The van der Waals surface area contributed by atoms with E-state index in [4.69, 9.17) is 22.5 Å². The molecule has 1 fully saturated rings. The summed E-state index contributed by atoms with van der Waals surface area (Å²) in [6.07, 6.45) is 2.90. The largest absolute Gasteiger partial charge is 0.409 e. The van der Waals surface area contributed by atoms with Crippen LogP contribution in [0.3, 0.4) is 0 Å². The summed E-state index contributed by atoms with van der Waals surface area (Å²) in [5.74, 6) is -0.152. The van der Waals surface area contributed by atoms with E-state index in [1.807, 2.05) is 24.3 Å². The summed E-state index contributed by atoms with van der Waals surface area (Å²) in [5.41, 5.74) is 5.93. The number of rotatable bonds is 5. The number of carbonyl (C=O) groups excluding carboxylic acids is 1. The molecule has 108 valence electrons. The number of amides is 1. The normalized spacial score (nSPS) is 17.4. The van der Waals surface area contributed by atoms with E-state index in [-0.39, 0.29) is 11.7 Å². The van der Waals surface area contributed by atoms with E-state index < -0.39 is 5.41 Å². The quantitative estimate of drug-likeness (QED) is 0.336. The van der Waals surface area contributed by atoms with Gasteiger partial charge in [-0.1, -0.05) is 35.3 Å². The van der Waals surface area contributed by atoms with Crippen molar-refractivity contribution in [3.63, 3.8) is 0 Å². The molecule has 0 heterocycles. The lowest BCUT2D eigenvalue weighted by Gasteiger charge is -2.38. The number of nitrogens with one attached hydrogen (secondary N) is 1. The molecular weight excluding hydrogens is 278 g/mol. The Balaban J connectivity index is 1.87. The first-order valence-electron chi connectivity index (χ1n) is 6.59. The monoisotopic (exact) mass is 295 g/mol. The van der Waals surface area contributed by atoms with Crippen molar-refractivity contribution in [2.75, 3.05) is 6.54 Å². The average Bonchev–Trinajstić information content (AvgIpc) is 2.39. The van der Waals surface area contributed by atoms with E-state index >= 15 is 0 Å². The molecule has 6 heteroatoms. The van der Waals surface area contributed by atoms with Gasteiger partial charge in [0.1, 0.15) is 5.41 Å². The second kappa shape index (κ2) is 6.13. The molecule has 20 heavy (non-hydrogen) atoms. The molecule has 0 saturated heterocycles. The van der Waals surface area contributed by atoms with Crippen molar-refractivity contribution in [2.45, 2.75) is 25.7 Å². The van der Waals surface area contributed by atoms with Gasteiger partial charge in [-0.15, -0.1) is 0 Å². The number of halogens is 1. The van der Waals surface area contributed by atoms with E-state index in [9.17, 15) is 4.79 Å². The molecule has 1 aromatic rings. The lowest BCUT2D eigenvalue weighted by molar-refractivity contribution is -0.131. The van der Waals surface area contributed by atoms with Crippen LogP contribution in [0.25, 0.3) is 0 Å². The first kappa shape index (κ1) is 14.7. The zero-order valence-electron chi connectivity index (χ0n) is 11.1. The highest BCUT2D eigenvalue weighted by atomic mass is 35.5. The molecule has 1 saturated carbocycles. The summed E-state index contributed by atoms with van der Waals surface area (Å²) >= 11 is 5.81. The highest BCUT2D eigenvalue weighted by Gasteiger charge is 2.48. The second-order valence-corrected chi connectivity index (χ2v) is 5.49. The smallest absolute Gasteiger partial charge is 0.233 e. The Labute approximate surface area is 122 Å². The third kappa shape index (κ3) is 2.88. The standard InChI is InChI=1S/C14H18ClN3O2/c15-11-4-2-10(3-5-11)6-9-17-13(19)14(7-1-8-14)12(16)18-20/h2-5,20H,1,6-9H2,(H2,16,18)(H,17,19). The molecular formula is C14H18ClN3O2. The van der Waals surface area contributed by atoms with Crippen molar-refractivity contribution in [1.82, 2.24) is 5.32 Å². The third-order valence-electron chi connectivity index (χ3n) is 3.85. The zero-order chi connectivity index (χ0) is 14.6. The molecule has 0 atom stereocenters. The molecule has 1 aromatic carbocycles. The average molecular weight is 296 g/mol. The molecule has 0 aliphatic heterocycles. The second-order valence-electron chi connectivity index (χ2n) is 5.05. The topological polar surface area (TPSA) is 87.7 Å². The molecule has 0 unspecified atom stereocenters. The molecule has 4 N–H and O–H groups in total. The number of oxime groups is 1. The number of nitrogens with two attached hydrogens (primary N) is 1. The predicted octanol–water partition coefficient (Wildman–Crippen LogP) is 1.92. The Morgan fingerprint density at radius 1 is 1.40 bits per heavy atom. The van der Waals surface area contributed by atoms with Gasteiger partial charge in [0.2, 0.25) is 5.91 Å². The summed E-state index contributed by atoms with van der Waals surface area (Å²) in [7, 11) is 0. The van der Waals surface area contributed by atoms with E-state index in [1.165, 1.54) is 0 Å². The van der Waals surface area contributed by atoms with Crippen molar-refractivity contribution in [2.24, 2.45) is 16.3 Å². The van der Waals surface area contributed by atoms with Gasteiger partial charge in [0.15, 0.2) is 5.84 Å². The fourth-order valence-corrected chi connectivity index (χ4v) is 2.49.